The van der Waals surface area contributed by atoms with Gasteiger partial charge in [-0.15, -0.1) is 5.10 Å². The first kappa shape index (κ1) is 13.2. The van der Waals surface area contributed by atoms with Crippen LogP contribution >= 0.6 is 0 Å². The average Bonchev–Trinajstić information content (AvgIpc) is 3.23. The van der Waals surface area contributed by atoms with Crippen LogP contribution < -0.4 is 10.6 Å². The molecule has 9 heteroatoms. The highest BCUT2D eigenvalue weighted by Gasteiger charge is 2.30. The van der Waals surface area contributed by atoms with Crippen molar-refractivity contribution >= 4 is 23.5 Å². The predicted octanol–water partition coefficient (Wildman–Crippen LogP) is 0.0553. The van der Waals surface area contributed by atoms with Gasteiger partial charge in [0.15, 0.2) is 5.82 Å². The maximum absolute atomic E-state index is 11.8. The molecule has 2 heterocycles. The van der Waals surface area contributed by atoms with Gasteiger partial charge in [0.1, 0.15) is 18.7 Å². The minimum atomic E-state index is -0.293. The zero-order valence-electron chi connectivity index (χ0n) is 11.1. The van der Waals surface area contributed by atoms with E-state index in [0.29, 0.717) is 11.6 Å². The average molecular weight is 287 g/mol. The summed E-state index contributed by atoms with van der Waals surface area (Å²) in [7, 11) is 0. The van der Waals surface area contributed by atoms with E-state index in [9.17, 15) is 9.59 Å². The van der Waals surface area contributed by atoms with Gasteiger partial charge in [-0.05, 0) is 18.9 Å². The number of carbonyl (C=O) groups is 2. The van der Waals surface area contributed by atoms with Crippen molar-refractivity contribution in [1.29, 1.82) is 0 Å². The predicted molar refractivity (Wildman–Crippen MR) is 72.0 cm³/mol. The van der Waals surface area contributed by atoms with Gasteiger partial charge in [0.2, 0.25) is 11.8 Å². The van der Waals surface area contributed by atoms with E-state index in [1.54, 1.807) is 6.07 Å². The van der Waals surface area contributed by atoms with Crippen molar-refractivity contribution in [3.05, 3.63) is 24.8 Å². The molecule has 2 N–H and O–H groups in total. The molecule has 1 aliphatic carbocycles. The second kappa shape index (κ2) is 5.65. The van der Waals surface area contributed by atoms with Crippen LogP contribution in [0.25, 0.3) is 0 Å². The fourth-order valence-corrected chi connectivity index (χ4v) is 1.70. The lowest BCUT2D eigenvalue weighted by Gasteiger charge is -2.02. The third-order valence-corrected chi connectivity index (χ3v) is 2.89. The van der Waals surface area contributed by atoms with E-state index in [2.05, 4.69) is 30.9 Å². The molecule has 0 bridgehead atoms. The first-order valence-electron chi connectivity index (χ1n) is 6.47. The van der Waals surface area contributed by atoms with Crippen molar-refractivity contribution in [1.82, 2.24) is 25.0 Å². The van der Waals surface area contributed by atoms with Crippen molar-refractivity contribution in [2.75, 3.05) is 10.6 Å². The van der Waals surface area contributed by atoms with Crippen LogP contribution in [0.2, 0.25) is 0 Å². The number of rotatable bonds is 5. The molecule has 0 aromatic carbocycles. The van der Waals surface area contributed by atoms with Gasteiger partial charge in [0, 0.05) is 12.1 Å². The standard InChI is InChI=1S/C12H13N7O2/c20-11(15-9-3-4-13-7-14-9)6-19-5-10(17-18-19)16-12(21)8-1-2-8/h3-5,7-8H,1-2,6H2,(H,16,21)(H,13,14,15,20). The smallest absolute Gasteiger partial charge is 0.247 e. The Morgan fingerprint density at radius 2 is 2.14 bits per heavy atom. The third kappa shape index (κ3) is 3.59. The SMILES string of the molecule is O=C(Cn1cc(NC(=O)C2CC2)nn1)Nc1ccncn1. The highest BCUT2D eigenvalue weighted by Crippen LogP contribution is 2.29. The number of aromatic nitrogens is 5. The lowest BCUT2D eigenvalue weighted by atomic mass is 10.4. The molecule has 108 valence electrons. The normalized spacial score (nSPS) is 13.7. The summed E-state index contributed by atoms with van der Waals surface area (Å²) in [6.45, 7) is -0.0176. The van der Waals surface area contributed by atoms with E-state index < -0.39 is 0 Å². The van der Waals surface area contributed by atoms with E-state index in [0.717, 1.165) is 12.8 Å². The van der Waals surface area contributed by atoms with Crippen molar-refractivity contribution in [3.63, 3.8) is 0 Å². The fraction of sp³-hybridized carbons (Fsp3) is 0.333. The van der Waals surface area contributed by atoms with E-state index in [1.807, 2.05) is 0 Å². The van der Waals surface area contributed by atoms with Gasteiger partial charge in [0.25, 0.3) is 0 Å². The molecule has 9 nitrogen and oxygen atoms in total. The Morgan fingerprint density at radius 3 is 2.86 bits per heavy atom. The van der Waals surface area contributed by atoms with Gasteiger partial charge >= 0.3 is 0 Å². The van der Waals surface area contributed by atoms with Crippen LogP contribution in [-0.2, 0) is 16.1 Å². The van der Waals surface area contributed by atoms with Gasteiger partial charge in [-0.1, -0.05) is 5.21 Å². The molecule has 2 amide bonds. The van der Waals surface area contributed by atoms with Crippen LogP contribution in [0.1, 0.15) is 12.8 Å². The Balaban J connectivity index is 1.54. The van der Waals surface area contributed by atoms with Gasteiger partial charge < -0.3 is 10.6 Å². The van der Waals surface area contributed by atoms with Crippen molar-refractivity contribution in [2.45, 2.75) is 19.4 Å². The number of nitrogens with zero attached hydrogens (tertiary/aromatic N) is 5. The first-order valence-corrected chi connectivity index (χ1v) is 6.47. The number of carbonyl (C=O) groups excluding carboxylic acids is 2. The monoisotopic (exact) mass is 287 g/mol. The number of nitrogens with one attached hydrogen (secondary N) is 2. The van der Waals surface area contributed by atoms with Gasteiger partial charge in [0.05, 0.1) is 6.20 Å². The first-order chi connectivity index (χ1) is 10.2. The molecule has 1 saturated carbocycles. The molecule has 0 saturated heterocycles. The second-order valence-corrected chi connectivity index (χ2v) is 4.71. The number of anilines is 2. The summed E-state index contributed by atoms with van der Waals surface area (Å²) in [5, 5.41) is 12.9. The summed E-state index contributed by atoms with van der Waals surface area (Å²) < 4.78 is 1.35. The maximum Gasteiger partial charge on any atom is 0.247 e. The maximum atomic E-state index is 11.8. The van der Waals surface area contributed by atoms with Crippen LogP contribution in [0.5, 0.6) is 0 Å². The molecule has 0 aliphatic heterocycles. The second-order valence-electron chi connectivity index (χ2n) is 4.71. The minimum absolute atomic E-state index is 0.0176. The lowest BCUT2D eigenvalue weighted by Crippen LogP contribution is -2.19. The highest BCUT2D eigenvalue weighted by molar-refractivity contribution is 5.93. The summed E-state index contributed by atoms with van der Waals surface area (Å²) >= 11 is 0. The Morgan fingerprint density at radius 1 is 1.29 bits per heavy atom. The molecule has 2 aromatic rings. The van der Waals surface area contributed by atoms with Crippen LogP contribution in [0.3, 0.4) is 0 Å². The van der Waals surface area contributed by atoms with E-state index >= 15 is 0 Å². The molecule has 0 radical (unpaired) electrons. The lowest BCUT2D eigenvalue weighted by molar-refractivity contribution is -0.117. The highest BCUT2D eigenvalue weighted by atomic mass is 16.2. The molecule has 21 heavy (non-hydrogen) atoms. The molecule has 1 fully saturated rings. The van der Waals surface area contributed by atoms with Gasteiger partial charge in [-0.2, -0.15) is 0 Å². The van der Waals surface area contributed by atoms with Crippen LogP contribution in [0, 0.1) is 5.92 Å². The summed E-state index contributed by atoms with van der Waals surface area (Å²) in [6.07, 6.45) is 6.22. The third-order valence-electron chi connectivity index (χ3n) is 2.89. The molecular formula is C12H13N7O2. The zero-order chi connectivity index (χ0) is 14.7. The molecule has 0 unspecified atom stereocenters. The van der Waals surface area contributed by atoms with Crippen molar-refractivity contribution < 1.29 is 9.59 Å². The Kier molecular flexibility index (Phi) is 3.54. The molecule has 0 spiro atoms. The van der Waals surface area contributed by atoms with E-state index in [1.165, 1.54) is 23.4 Å². The Hall–Kier alpha value is -2.84. The Labute approximate surface area is 119 Å². The quantitative estimate of drug-likeness (QED) is 0.803. The molecule has 3 rings (SSSR count). The summed E-state index contributed by atoms with van der Waals surface area (Å²) in [6, 6.07) is 1.58. The van der Waals surface area contributed by atoms with E-state index in [-0.39, 0.29) is 24.3 Å². The van der Waals surface area contributed by atoms with Crippen LogP contribution in [0.4, 0.5) is 11.6 Å². The van der Waals surface area contributed by atoms with E-state index in [4.69, 9.17) is 0 Å². The number of hydrogen-bond acceptors (Lipinski definition) is 6. The van der Waals surface area contributed by atoms with Crippen molar-refractivity contribution in [2.24, 2.45) is 5.92 Å². The summed E-state index contributed by atoms with van der Waals surface area (Å²) in [5.74, 6) is 0.515. The molecule has 1 aliphatic rings. The van der Waals surface area contributed by atoms with Crippen molar-refractivity contribution in [3.8, 4) is 0 Å². The number of amides is 2. The van der Waals surface area contributed by atoms with Gasteiger partial charge in [-0.3, -0.25) is 9.59 Å². The van der Waals surface area contributed by atoms with Gasteiger partial charge in [-0.25, -0.2) is 14.6 Å². The minimum Gasteiger partial charge on any atom is -0.309 e. The fourth-order valence-electron chi connectivity index (χ4n) is 1.70. The molecule has 0 atom stereocenters. The summed E-state index contributed by atoms with van der Waals surface area (Å²) in [5.41, 5.74) is 0. The largest absolute Gasteiger partial charge is 0.309 e. The molecule has 2 aromatic heterocycles. The number of hydrogen-bond donors (Lipinski definition) is 2. The molecular weight excluding hydrogens is 274 g/mol. The zero-order valence-corrected chi connectivity index (χ0v) is 11.1. The summed E-state index contributed by atoms with van der Waals surface area (Å²) in [4.78, 5) is 31.0. The topological polar surface area (TPSA) is 115 Å². The Bertz CT molecular complexity index is 651. The van der Waals surface area contributed by atoms with Crippen LogP contribution in [0.15, 0.2) is 24.8 Å². The van der Waals surface area contributed by atoms with Crippen LogP contribution in [-0.4, -0.2) is 36.8 Å².